The zero-order valence-electron chi connectivity index (χ0n) is 10.6. The number of nitro groups is 1. The van der Waals surface area contributed by atoms with Crippen LogP contribution in [-0.4, -0.2) is 4.92 Å². The van der Waals surface area contributed by atoms with Gasteiger partial charge in [0.05, 0.1) is 22.2 Å². The summed E-state index contributed by atoms with van der Waals surface area (Å²) < 4.78 is 0.722. The molecule has 5 nitrogen and oxygen atoms in total. The average molecular weight is 332 g/mol. The molecule has 0 aliphatic rings. The van der Waals surface area contributed by atoms with Gasteiger partial charge in [-0.2, -0.15) is 5.26 Å². The first-order valence-corrected chi connectivity index (χ1v) is 6.52. The Bertz CT molecular complexity index is 723. The van der Waals surface area contributed by atoms with E-state index in [2.05, 4.69) is 21.2 Å². The van der Waals surface area contributed by atoms with Gasteiger partial charge in [-0.25, -0.2) is 0 Å². The molecule has 0 aliphatic heterocycles. The molecule has 2 aromatic carbocycles. The molecule has 2 aromatic rings. The van der Waals surface area contributed by atoms with E-state index in [1.807, 2.05) is 6.07 Å². The van der Waals surface area contributed by atoms with Gasteiger partial charge in [-0.05, 0) is 47.1 Å². The highest BCUT2D eigenvalue weighted by Crippen LogP contribution is 2.29. The molecule has 2 rings (SSSR count). The number of benzene rings is 2. The summed E-state index contributed by atoms with van der Waals surface area (Å²) >= 11 is 3.36. The molecule has 100 valence electrons. The first kappa shape index (κ1) is 14.0. The Kier molecular flexibility index (Phi) is 4.01. The van der Waals surface area contributed by atoms with E-state index in [9.17, 15) is 10.1 Å². The Morgan fingerprint density at radius 1 is 1.30 bits per heavy atom. The molecule has 0 unspecified atom stereocenters. The molecule has 0 bridgehead atoms. The quantitative estimate of drug-likeness (QED) is 0.672. The van der Waals surface area contributed by atoms with Gasteiger partial charge in [0.25, 0.3) is 5.69 Å². The van der Waals surface area contributed by atoms with Gasteiger partial charge in [0.15, 0.2) is 0 Å². The van der Waals surface area contributed by atoms with Crippen LogP contribution in [0.3, 0.4) is 0 Å². The summed E-state index contributed by atoms with van der Waals surface area (Å²) in [5.41, 5.74) is 2.58. The molecule has 0 aliphatic carbocycles. The van der Waals surface area contributed by atoms with Crippen LogP contribution in [0.2, 0.25) is 0 Å². The molecule has 0 atom stereocenters. The van der Waals surface area contributed by atoms with E-state index >= 15 is 0 Å². The number of hydrogen-bond donors (Lipinski definition) is 1. The van der Waals surface area contributed by atoms with Gasteiger partial charge in [0.1, 0.15) is 0 Å². The number of hydrogen-bond acceptors (Lipinski definition) is 4. The van der Waals surface area contributed by atoms with Gasteiger partial charge >= 0.3 is 0 Å². The fraction of sp³-hybridized carbons (Fsp3) is 0.0714. The number of rotatable bonds is 3. The molecule has 0 aromatic heterocycles. The summed E-state index contributed by atoms with van der Waals surface area (Å²) in [6.07, 6.45) is 0. The minimum absolute atomic E-state index is 0.0692. The maximum atomic E-state index is 10.9. The third-order valence-corrected chi connectivity index (χ3v) is 3.44. The molecule has 0 heterocycles. The van der Waals surface area contributed by atoms with Crippen LogP contribution in [0, 0.1) is 28.4 Å². The van der Waals surface area contributed by atoms with Gasteiger partial charge in [-0.1, -0.05) is 6.07 Å². The zero-order chi connectivity index (χ0) is 14.7. The fourth-order valence-corrected chi connectivity index (χ4v) is 2.20. The predicted octanol–water partition coefficient (Wildman–Crippen LogP) is 4.28. The first-order valence-electron chi connectivity index (χ1n) is 5.73. The Balaban J connectivity index is 2.33. The lowest BCUT2D eigenvalue weighted by molar-refractivity contribution is -0.385. The van der Waals surface area contributed by atoms with Crippen molar-refractivity contribution in [2.45, 2.75) is 6.92 Å². The van der Waals surface area contributed by atoms with Crippen LogP contribution in [0.15, 0.2) is 40.9 Å². The van der Waals surface area contributed by atoms with Crippen molar-refractivity contribution >= 4 is 33.0 Å². The fourth-order valence-electron chi connectivity index (χ4n) is 1.73. The van der Waals surface area contributed by atoms with Gasteiger partial charge in [-0.15, -0.1) is 0 Å². The second-order valence-electron chi connectivity index (χ2n) is 4.19. The van der Waals surface area contributed by atoms with E-state index in [1.165, 1.54) is 6.07 Å². The topological polar surface area (TPSA) is 79.0 Å². The Labute approximate surface area is 124 Å². The van der Waals surface area contributed by atoms with E-state index in [0.29, 0.717) is 16.8 Å². The number of nitro benzene ring substituents is 1. The van der Waals surface area contributed by atoms with Crippen LogP contribution in [0.4, 0.5) is 17.1 Å². The van der Waals surface area contributed by atoms with Crippen molar-refractivity contribution in [3.05, 3.63) is 62.1 Å². The second kappa shape index (κ2) is 5.72. The van der Waals surface area contributed by atoms with Crippen molar-refractivity contribution in [3.8, 4) is 6.07 Å². The predicted molar refractivity (Wildman–Crippen MR) is 80.0 cm³/mol. The van der Waals surface area contributed by atoms with E-state index < -0.39 is 4.92 Å². The maximum absolute atomic E-state index is 10.9. The number of aryl methyl sites for hydroxylation is 1. The number of anilines is 2. The van der Waals surface area contributed by atoms with E-state index in [1.54, 1.807) is 37.3 Å². The Hall–Kier alpha value is -2.39. The standard InChI is InChI=1S/C14H10BrN3O2/c1-9-2-4-11(7-14(9)18(19)20)17-13-5-3-10(8-16)6-12(13)15/h2-7,17H,1H3. The van der Waals surface area contributed by atoms with E-state index in [0.717, 1.165) is 10.2 Å². The summed E-state index contributed by atoms with van der Waals surface area (Å²) in [5, 5.41) is 22.8. The lowest BCUT2D eigenvalue weighted by atomic mass is 10.1. The van der Waals surface area contributed by atoms with Crippen LogP contribution < -0.4 is 5.32 Å². The Morgan fingerprint density at radius 2 is 2.05 bits per heavy atom. The van der Waals surface area contributed by atoms with Gasteiger partial charge in [0.2, 0.25) is 0 Å². The summed E-state index contributed by atoms with van der Waals surface area (Å²) in [4.78, 5) is 10.5. The van der Waals surface area contributed by atoms with Crippen molar-refractivity contribution in [2.75, 3.05) is 5.32 Å². The lowest BCUT2D eigenvalue weighted by Gasteiger charge is -2.09. The van der Waals surface area contributed by atoms with Crippen molar-refractivity contribution in [2.24, 2.45) is 0 Å². The summed E-state index contributed by atoms with van der Waals surface area (Å²) in [6, 6.07) is 12.1. The highest BCUT2D eigenvalue weighted by atomic mass is 79.9. The van der Waals surface area contributed by atoms with Crippen molar-refractivity contribution in [3.63, 3.8) is 0 Å². The third-order valence-electron chi connectivity index (χ3n) is 2.78. The highest BCUT2D eigenvalue weighted by Gasteiger charge is 2.11. The first-order chi connectivity index (χ1) is 9.51. The lowest BCUT2D eigenvalue weighted by Crippen LogP contribution is -1.96. The molecule has 0 saturated heterocycles. The number of nitrogens with zero attached hydrogens (tertiary/aromatic N) is 2. The molecule has 0 spiro atoms. The van der Waals surface area contributed by atoms with Crippen LogP contribution >= 0.6 is 15.9 Å². The number of halogens is 1. The molecule has 20 heavy (non-hydrogen) atoms. The molecule has 0 amide bonds. The summed E-state index contributed by atoms with van der Waals surface area (Å²) in [6.45, 7) is 1.69. The molecular formula is C14H10BrN3O2. The maximum Gasteiger partial charge on any atom is 0.274 e. The summed E-state index contributed by atoms with van der Waals surface area (Å²) in [7, 11) is 0. The largest absolute Gasteiger partial charge is 0.354 e. The molecule has 0 saturated carbocycles. The van der Waals surface area contributed by atoms with Crippen molar-refractivity contribution < 1.29 is 4.92 Å². The molecule has 0 fully saturated rings. The van der Waals surface area contributed by atoms with E-state index in [4.69, 9.17) is 5.26 Å². The molecular weight excluding hydrogens is 322 g/mol. The van der Waals surface area contributed by atoms with Crippen molar-refractivity contribution in [1.29, 1.82) is 5.26 Å². The smallest absolute Gasteiger partial charge is 0.274 e. The highest BCUT2D eigenvalue weighted by molar-refractivity contribution is 9.10. The molecule has 6 heteroatoms. The van der Waals surface area contributed by atoms with Crippen molar-refractivity contribution in [1.82, 2.24) is 0 Å². The van der Waals surface area contributed by atoms with Crippen LogP contribution in [-0.2, 0) is 0 Å². The minimum atomic E-state index is -0.408. The van der Waals surface area contributed by atoms with Gasteiger partial charge in [-0.3, -0.25) is 10.1 Å². The third kappa shape index (κ3) is 2.95. The van der Waals surface area contributed by atoms with E-state index in [-0.39, 0.29) is 5.69 Å². The summed E-state index contributed by atoms with van der Waals surface area (Å²) in [5.74, 6) is 0. The van der Waals surface area contributed by atoms with Crippen LogP contribution in [0.1, 0.15) is 11.1 Å². The SMILES string of the molecule is Cc1ccc(Nc2ccc(C#N)cc2Br)cc1[N+](=O)[O-]. The minimum Gasteiger partial charge on any atom is -0.354 e. The zero-order valence-corrected chi connectivity index (χ0v) is 12.1. The molecule has 0 radical (unpaired) electrons. The Morgan fingerprint density at radius 3 is 2.65 bits per heavy atom. The van der Waals surface area contributed by atoms with Gasteiger partial charge < -0.3 is 5.32 Å². The average Bonchev–Trinajstić information content (AvgIpc) is 2.42. The normalized spacial score (nSPS) is 9.85. The number of nitriles is 1. The second-order valence-corrected chi connectivity index (χ2v) is 5.04. The monoisotopic (exact) mass is 331 g/mol. The molecule has 1 N–H and O–H groups in total. The van der Waals surface area contributed by atoms with Crippen LogP contribution in [0.5, 0.6) is 0 Å². The van der Waals surface area contributed by atoms with Gasteiger partial charge in [0, 0.05) is 21.8 Å². The van der Waals surface area contributed by atoms with Crippen LogP contribution in [0.25, 0.3) is 0 Å². The number of nitrogens with one attached hydrogen (secondary N) is 1.